The predicted molar refractivity (Wildman–Crippen MR) is 104 cm³/mol. The fourth-order valence-electron chi connectivity index (χ4n) is 3.49. The molecule has 0 aliphatic carbocycles. The first-order valence-electron chi connectivity index (χ1n) is 9.24. The molecule has 1 fully saturated rings. The second-order valence-corrected chi connectivity index (χ2v) is 6.85. The van der Waals surface area contributed by atoms with Gasteiger partial charge in [-0.3, -0.25) is 9.89 Å². The van der Waals surface area contributed by atoms with Gasteiger partial charge in [0.05, 0.1) is 23.0 Å². The highest BCUT2D eigenvalue weighted by Crippen LogP contribution is 2.32. The van der Waals surface area contributed by atoms with Gasteiger partial charge < -0.3 is 9.80 Å². The molecule has 0 spiro atoms. The van der Waals surface area contributed by atoms with Crippen molar-refractivity contribution in [2.75, 3.05) is 31.1 Å². The van der Waals surface area contributed by atoms with Gasteiger partial charge in [0.25, 0.3) is 5.91 Å². The summed E-state index contributed by atoms with van der Waals surface area (Å²) in [6.07, 6.45) is -2.85. The van der Waals surface area contributed by atoms with Gasteiger partial charge in [-0.2, -0.15) is 18.3 Å². The van der Waals surface area contributed by atoms with Crippen molar-refractivity contribution in [2.45, 2.75) is 6.18 Å². The van der Waals surface area contributed by atoms with Crippen LogP contribution < -0.4 is 4.90 Å². The van der Waals surface area contributed by atoms with Crippen LogP contribution in [-0.4, -0.2) is 47.2 Å². The van der Waals surface area contributed by atoms with Crippen molar-refractivity contribution in [1.29, 1.82) is 0 Å². The Bertz CT molecular complexity index is 992. The smallest absolute Gasteiger partial charge is 0.368 e. The largest absolute Gasteiger partial charge is 0.416 e. The molecule has 0 unspecified atom stereocenters. The lowest BCUT2D eigenvalue weighted by Gasteiger charge is -2.36. The van der Waals surface area contributed by atoms with Crippen molar-refractivity contribution in [3.63, 3.8) is 0 Å². The van der Waals surface area contributed by atoms with E-state index in [1.165, 1.54) is 12.3 Å². The highest BCUT2D eigenvalue weighted by molar-refractivity contribution is 5.99. The minimum atomic E-state index is -4.37. The van der Waals surface area contributed by atoms with E-state index in [-0.39, 0.29) is 5.91 Å². The first-order chi connectivity index (χ1) is 13.9. The summed E-state index contributed by atoms with van der Waals surface area (Å²) in [4.78, 5) is 16.6. The summed E-state index contributed by atoms with van der Waals surface area (Å²) in [5.41, 5.74) is 1.87. The number of aromatic nitrogens is 2. The Morgan fingerprint density at radius 2 is 1.69 bits per heavy atom. The predicted octanol–water partition coefficient (Wildman–Crippen LogP) is 4.06. The standard InChI is InChI=1S/C21H19F3N4O/c22-21(23,24)16-7-4-8-17(13-16)27-9-11-28(12-10-27)20(29)18-14-25-26-19(18)15-5-2-1-3-6-15/h1-8,13-14H,9-12H2,(H,25,26). The number of amides is 1. The topological polar surface area (TPSA) is 52.2 Å². The monoisotopic (exact) mass is 400 g/mol. The fraction of sp³-hybridized carbons (Fsp3) is 0.238. The fourth-order valence-corrected chi connectivity index (χ4v) is 3.49. The van der Waals surface area contributed by atoms with Gasteiger partial charge in [0, 0.05) is 37.4 Å². The Morgan fingerprint density at radius 3 is 2.38 bits per heavy atom. The van der Waals surface area contributed by atoms with Crippen LogP contribution in [0.25, 0.3) is 11.3 Å². The van der Waals surface area contributed by atoms with E-state index in [2.05, 4.69) is 10.2 Å². The molecule has 3 aromatic rings. The van der Waals surface area contributed by atoms with Gasteiger partial charge in [-0.05, 0) is 18.2 Å². The van der Waals surface area contributed by atoms with E-state index in [9.17, 15) is 18.0 Å². The second kappa shape index (κ2) is 7.62. The van der Waals surface area contributed by atoms with Crippen LogP contribution in [0, 0.1) is 0 Å². The third kappa shape index (κ3) is 3.96. The van der Waals surface area contributed by atoms with Crippen LogP contribution in [0.15, 0.2) is 60.8 Å². The Hall–Kier alpha value is -3.29. The van der Waals surface area contributed by atoms with Gasteiger partial charge in [0.1, 0.15) is 0 Å². The molecule has 1 aliphatic heterocycles. The normalized spacial score (nSPS) is 14.9. The molecule has 2 heterocycles. The van der Waals surface area contributed by atoms with Crippen LogP contribution in [0.5, 0.6) is 0 Å². The van der Waals surface area contributed by atoms with Crippen LogP contribution in [0.4, 0.5) is 18.9 Å². The summed E-state index contributed by atoms with van der Waals surface area (Å²) < 4.78 is 38.9. The summed E-state index contributed by atoms with van der Waals surface area (Å²) in [6.45, 7) is 1.78. The number of anilines is 1. The maximum absolute atomic E-state index is 13.0. The Balaban J connectivity index is 1.46. The summed E-state index contributed by atoms with van der Waals surface area (Å²) in [7, 11) is 0. The maximum atomic E-state index is 13.0. The number of H-pyrrole nitrogens is 1. The highest BCUT2D eigenvalue weighted by Gasteiger charge is 2.31. The van der Waals surface area contributed by atoms with Crippen LogP contribution in [0.1, 0.15) is 15.9 Å². The molecule has 1 N–H and O–H groups in total. The van der Waals surface area contributed by atoms with Crippen LogP contribution in [0.2, 0.25) is 0 Å². The Kier molecular flexibility index (Phi) is 5.00. The molecule has 5 nitrogen and oxygen atoms in total. The molecular formula is C21H19F3N4O. The lowest BCUT2D eigenvalue weighted by atomic mass is 10.1. The average molecular weight is 400 g/mol. The second-order valence-electron chi connectivity index (χ2n) is 6.85. The Morgan fingerprint density at radius 1 is 0.966 bits per heavy atom. The van der Waals surface area contributed by atoms with E-state index in [4.69, 9.17) is 0 Å². The number of rotatable bonds is 3. The molecule has 1 aromatic heterocycles. The van der Waals surface area contributed by atoms with Gasteiger partial charge in [-0.15, -0.1) is 0 Å². The minimum absolute atomic E-state index is 0.138. The molecule has 4 rings (SSSR count). The van der Waals surface area contributed by atoms with Gasteiger partial charge in [-0.25, -0.2) is 0 Å². The number of nitrogens with zero attached hydrogens (tertiary/aromatic N) is 3. The number of carbonyl (C=O) groups is 1. The SMILES string of the molecule is O=C(c1cn[nH]c1-c1ccccc1)N1CCN(c2cccc(C(F)(F)F)c2)CC1. The molecule has 0 saturated carbocycles. The van der Waals surface area contributed by atoms with E-state index >= 15 is 0 Å². The number of nitrogens with one attached hydrogen (secondary N) is 1. The summed E-state index contributed by atoms with van der Waals surface area (Å²) >= 11 is 0. The number of hydrogen-bond acceptors (Lipinski definition) is 3. The molecule has 2 aromatic carbocycles. The first kappa shape index (κ1) is 19.0. The van der Waals surface area contributed by atoms with Crippen molar-refractivity contribution < 1.29 is 18.0 Å². The molecule has 1 amide bonds. The van der Waals surface area contributed by atoms with E-state index in [0.29, 0.717) is 43.1 Å². The number of aromatic amines is 1. The van der Waals surface area contributed by atoms with Crippen molar-refractivity contribution in [2.24, 2.45) is 0 Å². The molecule has 8 heteroatoms. The van der Waals surface area contributed by atoms with Crippen LogP contribution in [-0.2, 0) is 6.18 Å². The molecule has 1 saturated heterocycles. The Labute approximate surface area is 165 Å². The molecule has 0 atom stereocenters. The lowest BCUT2D eigenvalue weighted by Crippen LogP contribution is -2.48. The average Bonchev–Trinajstić information content (AvgIpc) is 3.23. The molecule has 0 bridgehead atoms. The van der Waals surface area contributed by atoms with Gasteiger partial charge in [0.15, 0.2) is 0 Å². The quantitative estimate of drug-likeness (QED) is 0.722. The molecule has 29 heavy (non-hydrogen) atoms. The number of halogens is 3. The van der Waals surface area contributed by atoms with Crippen molar-refractivity contribution in [3.05, 3.63) is 71.9 Å². The molecule has 150 valence electrons. The van der Waals surface area contributed by atoms with Crippen molar-refractivity contribution in [1.82, 2.24) is 15.1 Å². The third-order valence-corrected chi connectivity index (χ3v) is 5.04. The maximum Gasteiger partial charge on any atom is 0.416 e. The van der Waals surface area contributed by atoms with Gasteiger partial charge in [0.2, 0.25) is 0 Å². The number of hydrogen-bond donors (Lipinski definition) is 1. The van der Waals surface area contributed by atoms with Gasteiger partial charge >= 0.3 is 6.18 Å². The van der Waals surface area contributed by atoms with E-state index < -0.39 is 11.7 Å². The molecule has 0 radical (unpaired) electrons. The van der Waals surface area contributed by atoms with Crippen molar-refractivity contribution in [3.8, 4) is 11.3 Å². The number of alkyl halides is 3. The van der Waals surface area contributed by atoms with Crippen molar-refractivity contribution >= 4 is 11.6 Å². The zero-order valence-electron chi connectivity index (χ0n) is 15.5. The number of benzene rings is 2. The molecular weight excluding hydrogens is 381 g/mol. The molecule has 1 aliphatic rings. The first-order valence-corrected chi connectivity index (χ1v) is 9.24. The lowest BCUT2D eigenvalue weighted by molar-refractivity contribution is -0.137. The number of carbonyl (C=O) groups excluding carboxylic acids is 1. The summed E-state index contributed by atoms with van der Waals surface area (Å²) in [5, 5.41) is 6.90. The zero-order valence-corrected chi connectivity index (χ0v) is 15.5. The van der Waals surface area contributed by atoms with Gasteiger partial charge in [-0.1, -0.05) is 36.4 Å². The minimum Gasteiger partial charge on any atom is -0.368 e. The van der Waals surface area contributed by atoms with E-state index in [1.54, 1.807) is 11.0 Å². The van der Waals surface area contributed by atoms with E-state index in [0.717, 1.165) is 17.7 Å². The van der Waals surface area contributed by atoms with Crippen LogP contribution >= 0.6 is 0 Å². The third-order valence-electron chi connectivity index (χ3n) is 5.04. The highest BCUT2D eigenvalue weighted by atomic mass is 19.4. The zero-order chi connectivity index (χ0) is 20.4. The van der Waals surface area contributed by atoms with E-state index in [1.807, 2.05) is 35.2 Å². The van der Waals surface area contributed by atoms with Crippen LogP contribution in [0.3, 0.4) is 0 Å². The number of piperazine rings is 1. The summed E-state index contributed by atoms with van der Waals surface area (Å²) in [6, 6.07) is 14.8. The summed E-state index contributed by atoms with van der Waals surface area (Å²) in [5.74, 6) is -0.138.